The van der Waals surface area contributed by atoms with Crippen molar-refractivity contribution in [3.63, 3.8) is 0 Å². The Morgan fingerprint density at radius 2 is 0.800 bits per heavy atom. The van der Waals surface area contributed by atoms with Gasteiger partial charge in [-0.05, 0) is 76.2 Å². The van der Waals surface area contributed by atoms with Gasteiger partial charge in [-0.15, -0.1) is 6.58 Å². The maximum Gasteiger partial charge on any atom is 0.322 e. The van der Waals surface area contributed by atoms with Crippen molar-refractivity contribution in [2.75, 3.05) is 59.5 Å². The highest BCUT2D eigenvalue weighted by Gasteiger charge is 2.46. The number of esters is 6. The third-order valence-electron chi connectivity index (χ3n) is 7.39. The van der Waals surface area contributed by atoms with Gasteiger partial charge in [-0.2, -0.15) is 0 Å². The zero-order valence-electron chi connectivity index (χ0n) is 33.4. The minimum absolute atomic E-state index is 0.00694. The van der Waals surface area contributed by atoms with Crippen molar-refractivity contribution >= 4 is 99.5 Å². The van der Waals surface area contributed by atoms with Gasteiger partial charge >= 0.3 is 35.8 Å². The van der Waals surface area contributed by atoms with E-state index in [1.165, 1.54) is 54.5 Å². The molecule has 0 amide bonds. The number of aliphatic hydroxyl groups is 1. The summed E-state index contributed by atoms with van der Waals surface area (Å²) in [6.45, 7) is 16.4. The Kier molecular flexibility index (Phi) is 21.3. The lowest BCUT2D eigenvalue weighted by Crippen LogP contribution is -2.48. The first kappa shape index (κ1) is 53.4. The van der Waals surface area contributed by atoms with Gasteiger partial charge in [0, 0.05) is 0 Å². The minimum Gasteiger partial charge on any atom is -0.464 e. The number of hydrogen-bond acceptors (Lipinski definition) is 15. The van der Waals surface area contributed by atoms with Crippen LogP contribution >= 0.6 is 63.7 Å². The zero-order valence-corrected chi connectivity index (χ0v) is 39.7. The van der Waals surface area contributed by atoms with E-state index in [2.05, 4.69) is 70.3 Å². The molecule has 0 aromatic carbocycles. The molecule has 0 aromatic rings. The van der Waals surface area contributed by atoms with Crippen molar-refractivity contribution in [3.8, 4) is 0 Å². The number of ether oxygens (including phenoxy) is 8. The molecule has 0 saturated carbocycles. The van der Waals surface area contributed by atoms with Gasteiger partial charge in [0.25, 0.3) is 0 Å². The van der Waals surface area contributed by atoms with Crippen LogP contribution in [0.15, 0.2) is 12.7 Å². The second kappa shape index (κ2) is 21.9. The highest BCUT2D eigenvalue weighted by atomic mass is 79.9. The summed E-state index contributed by atoms with van der Waals surface area (Å²) in [4.78, 5) is 78.8. The number of halogens is 4. The van der Waals surface area contributed by atoms with Gasteiger partial charge in [0.15, 0.2) is 6.29 Å². The van der Waals surface area contributed by atoms with Crippen LogP contribution in [0.1, 0.15) is 76.2 Å². The number of alkyl halides is 4. The second-order valence-electron chi connectivity index (χ2n) is 15.7. The number of carbonyl (C=O) groups excluding carboxylic acids is 6. The van der Waals surface area contributed by atoms with Gasteiger partial charge < -0.3 is 43.0 Å². The molecule has 3 atom stereocenters. The van der Waals surface area contributed by atoms with Crippen LogP contribution < -0.4 is 0 Å². The molecule has 0 saturated heterocycles. The van der Waals surface area contributed by atoms with E-state index in [0.29, 0.717) is 0 Å². The van der Waals surface area contributed by atoms with E-state index >= 15 is 0 Å². The normalized spacial score (nSPS) is 15.3. The summed E-state index contributed by atoms with van der Waals surface area (Å²) in [7, 11) is 0. The van der Waals surface area contributed by atoms with Gasteiger partial charge in [0.2, 0.25) is 0 Å². The fourth-order valence-electron chi connectivity index (χ4n) is 3.46. The Morgan fingerprint density at radius 3 is 1.09 bits per heavy atom. The van der Waals surface area contributed by atoms with Crippen LogP contribution in [0, 0.1) is 16.2 Å². The first-order chi connectivity index (χ1) is 24.7. The van der Waals surface area contributed by atoms with Gasteiger partial charge in [-0.3, -0.25) is 28.8 Å². The first-order valence-electron chi connectivity index (χ1n) is 17.0. The molecule has 0 rings (SSSR count). The van der Waals surface area contributed by atoms with E-state index in [1.54, 1.807) is 27.7 Å². The Balaban J connectivity index is 6.52. The van der Waals surface area contributed by atoms with Gasteiger partial charge in [0.1, 0.15) is 68.9 Å². The molecule has 0 aromatic heterocycles. The Morgan fingerprint density at radius 1 is 0.509 bits per heavy atom. The lowest BCUT2D eigenvalue weighted by atomic mass is 9.90. The number of carbonyl (C=O) groups is 6. The van der Waals surface area contributed by atoms with Crippen LogP contribution in [0.3, 0.4) is 0 Å². The van der Waals surface area contributed by atoms with Crippen molar-refractivity contribution in [3.05, 3.63) is 12.7 Å². The lowest BCUT2D eigenvalue weighted by Gasteiger charge is -2.33. The molecule has 0 aliphatic carbocycles. The van der Waals surface area contributed by atoms with Crippen LogP contribution in [0.4, 0.5) is 0 Å². The van der Waals surface area contributed by atoms with E-state index in [1.807, 2.05) is 0 Å². The molecule has 1 N–H and O–H groups in total. The van der Waals surface area contributed by atoms with E-state index in [0.717, 1.165) is 0 Å². The summed E-state index contributed by atoms with van der Waals surface area (Å²) in [5, 5.41) is 10.5. The van der Waals surface area contributed by atoms with Gasteiger partial charge in [0.05, 0.1) is 24.1 Å². The maximum absolute atomic E-state index is 13.8. The Bertz CT molecular complexity index is 1310. The molecule has 19 heteroatoms. The van der Waals surface area contributed by atoms with E-state index < -0.39 is 115 Å². The van der Waals surface area contributed by atoms with E-state index in [9.17, 15) is 33.9 Å². The molecular formula is C36H56Br4O15. The molecule has 0 aliphatic heterocycles. The third kappa shape index (κ3) is 19.1. The maximum atomic E-state index is 13.8. The molecule has 3 unspecified atom stereocenters. The lowest BCUT2D eigenvalue weighted by molar-refractivity contribution is -0.187. The van der Waals surface area contributed by atoms with Crippen LogP contribution in [-0.4, -0.2) is 124 Å². The molecule has 15 nitrogen and oxygen atoms in total. The summed E-state index contributed by atoms with van der Waals surface area (Å²) >= 11 is 12.9. The van der Waals surface area contributed by atoms with Crippen LogP contribution in [0.5, 0.6) is 0 Å². The van der Waals surface area contributed by atoms with Crippen molar-refractivity contribution in [1.29, 1.82) is 0 Å². The SMILES string of the molecule is C=CCOCCOC(=O)C(C)(COC(=O)C(C)(COC(=O)C(C)(C)Br)COC(=O)C(C)(C)Br)COC(=O)C(C)(COC(=O)C(C)(C)Br)COC(O)C(C)(C)Br. The molecule has 318 valence electrons. The monoisotopic (exact) mass is 1040 g/mol. The highest BCUT2D eigenvalue weighted by molar-refractivity contribution is 9.10. The molecular weight excluding hydrogens is 992 g/mol. The average molecular weight is 1050 g/mol. The molecule has 0 heterocycles. The van der Waals surface area contributed by atoms with Crippen LogP contribution in [0.2, 0.25) is 0 Å². The van der Waals surface area contributed by atoms with Crippen LogP contribution in [0.25, 0.3) is 0 Å². The summed E-state index contributed by atoms with van der Waals surface area (Å²) in [6, 6.07) is 0. The fourth-order valence-corrected chi connectivity index (χ4v) is 3.94. The molecule has 55 heavy (non-hydrogen) atoms. The number of aliphatic hydroxyl groups excluding tert-OH is 1. The van der Waals surface area contributed by atoms with Crippen molar-refractivity contribution in [1.82, 2.24) is 0 Å². The summed E-state index contributed by atoms with van der Waals surface area (Å²) in [5.41, 5.74) is -5.35. The standard InChI is InChI=1S/C36H56Br4O15/c1-13-14-48-15-16-49-27(45)34(10,21-54-28(46)35(11,17-50-23(41)30(2,3)37)18-51-24(42)31(4,5)38)22-55-29(47)36(12,19-52-25(43)32(6,7)39)20-53-26(44)33(8,9)40/h13,23,41H,1,14-22H2,2-12H3. The average Bonchev–Trinajstić information content (AvgIpc) is 3.06. The molecule has 0 spiro atoms. The molecule has 0 radical (unpaired) electrons. The summed E-state index contributed by atoms with van der Waals surface area (Å²) in [5.74, 6) is -5.11. The topological polar surface area (TPSA) is 196 Å². The van der Waals surface area contributed by atoms with Crippen molar-refractivity contribution in [2.24, 2.45) is 16.2 Å². The largest absolute Gasteiger partial charge is 0.464 e. The Labute approximate surface area is 357 Å². The summed E-state index contributed by atoms with van der Waals surface area (Å²) < 4.78 is 39.3. The van der Waals surface area contributed by atoms with Crippen molar-refractivity contribution in [2.45, 2.75) is 99.7 Å². The first-order valence-corrected chi connectivity index (χ1v) is 20.2. The van der Waals surface area contributed by atoms with E-state index in [4.69, 9.17) is 37.9 Å². The molecule has 0 aliphatic rings. The minimum atomic E-state index is -1.86. The van der Waals surface area contributed by atoms with Gasteiger partial charge in [-0.1, -0.05) is 69.8 Å². The number of rotatable bonds is 25. The molecule has 0 bridgehead atoms. The summed E-state index contributed by atoms with van der Waals surface area (Å²) in [6.07, 6.45) is 0.100. The predicted octanol–water partition coefficient (Wildman–Crippen LogP) is 5.50. The predicted molar refractivity (Wildman–Crippen MR) is 215 cm³/mol. The third-order valence-corrected chi connectivity index (χ3v) is 8.75. The smallest absolute Gasteiger partial charge is 0.322 e. The quantitative estimate of drug-likeness (QED) is 0.0301. The second-order valence-corrected chi connectivity index (χ2v) is 23.7. The molecule has 0 fully saturated rings. The highest BCUT2D eigenvalue weighted by Crippen LogP contribution is 2.31. The van der Waals surface area contributed by atoms with Gasteiger partial charge in [-0.25, -0.2) is 0 Å². The Hall–Kier alpha value is -1.64. The van der Waals surface area contributed by atoms with Crippen LogP contribution in [-0.2, 0) is 66.7 Å². The van der Waals surface area contributed by atoms with Crippen molar-refractivity contribution < 1.29 is 71.8 Å². The fraction of sp³-hybridized carbons (Fsp3) is 0.778. The number of hydrogen-bond donors (Lipinski definition) is 1. The van der Waals surface area contributed by atoms with E-state index in [-0.39, 0.29) is 19.8 Å². The zero-order chi connectivity index (χ0) is 43.3.